The van der Waals surface area contributed by atoms with Crippen LogP contribution >= 0.6 is 0 Å². The number of fused-ring (bicyclic) bond motifs is 1. The highest BCUT2D eigenvalue weighted by Gasteiger charge is 2.40. The fraction of sp³-hybridized carbons (Fsp3) is 0.471. The summed E-state index contributed by atoms with van der Waals surface area (Å²) >= 11 is 0. The average Bonchev–Trinajstić information content (AvgIpc) is 3.26. The number of rotatable bonds is 4. The van der Waals surface area contributed by atoms with E-state index < -0.39 is 5.60 Å². The van der Waals surface area contributed by atoms with Gasteiger partial charge in [-0.2, -0.15) is 5.10 Å². The zero-order chi connectivity index (χ0) is 16.7. The molecule has 1 fully saturated rings. The second kappa shape index (κ2) is 5.68. The van der Waals surface area contributed by atoms with Crippen LogP contribution < -0.4 is 0 Å². The zero-order valence-corrected chi connectivity index (χ0v) is 14.0. The summed E-state index contributed by atoms with van der Waals surface area (Å²) in [6, 6.07) is 6.55. The van der Waals surface area contributed by atoms with Crippen LogP contribution in [0, 0.1) is 0 Å². The molecule has 0 radical (unpaired) electrons. The lowest BCUT2D eigenvalue weighted by molar-refractivity contribution is 0.0408. The molecule has 0 saturated carbocycles. The maximum absolute atomic E-state index is 11.0. The Morgan fingerprint density at radius 3 is 3.04 bits per heavy atom. The van der Waals surface area contributed by atoms with Gasteiger partial charge in [-0.05, 0) is 31.9 Å². The summed E-state index contributed by atoms with van der Waals surface area (Å²) in [6.07, 6.45) is 4.37. The van der Waals surface area contributed by atoms with E-state index in [0.717, 1.165) is 24.0 Å². The molecule has 2 aromatic heterocycles. The molecule has 7 heteroatoms. The summed E-state index contributed by atoms with van der Waals surface area (Å²) in [6.45, 7) is 6.32. The van der Waals surface area contributed by atoms with E-state index in [1.807, 2.05) is 12.4 Å². The molecule has 0 amide bonds. The second-order valence-corrected chi connectivity index (χ2v) is 6.96. The predicted octanol–water partition coefficient (Wildman–Crippen LogP) is 1.83. The lowest BCUT2D eigenvalue weighted by Gasteiger charge is -2.21. The molecule has 1 atom stereocenters. The first-order valence-electron chi connectivity index (χ1n) is 8.32. The van der Waals surface area contributed by atoms with Crippen LogP contribution in [0.15, 0.2) is 30.6 Å². The van der Waals surface area contributed by atoms with Crippen LogP contribution in [-0.2, 0) is 12.1 Å². The monoisotopic (exact) mass is 326 g/mol. The van der Waals surface area contributed by atoms with Crippen molar-refractivity contribution >= 4 is 10.9 Å². The van der Waals surface area contributed by atoms with Crippen LogP contribution in [0.1, 0.15) is 37.6 Å². The molecular weight excluding hydrogens is 304 g/mol. The first kappa shape index (κ1) is 15.3. The van der Waals surface area contributed by atoms with Gasteiger partial charge in [-0.25, -0.2) is 4.68 Å². The van der Waals surface area contributed by atoms with Gasteiger partial charge in [0.25, 0.3) is 0 Å². The summed E-state index contributed by atoms with van der Waals surface area (Å²) in [4.78, 5) is 2.26. The van der Waals surface area contributed by atoms with Crippen molar-refractivity contribution < 1.29 is 5.11 Å². The molecule has 0 bridgehead atoms. The van der Waals surface area contributed by atoms with Gasteiger partial charge in [0.05, 0.1) is 17.9 Å². The number of β-amino-alcohol motifs (C(OH)–C–C–N with tert-alkyl or cyclic N) is 1. The third-order valence-corrected chi connectivity index (χ3v) is 4.76. The molecule has 1 aliphatic rings. The van der Waals surface area contributed by atoms with E-state index >= 15 is 0 Å². The lowest BCUT2D eigenvalue weighted by atomic mass is 10.00. The number of hydrogen-bond acceptors (Lipinski definition) is 5. The number of hydrogen-bond donors (Lipinski definition) is 2. The summed E-state index contributed by atoms with van der Waals surface area (Å²) in [5.41, 5.74) is 2.01. The normalized spacial score (nSPS) is 22.0. The number of likely N-dealkylation sites (tertiary alicyclic amines) is 1. The fourth-order valence-electron chi connectivity index (χ4n) is 3.30. The summed E-state index contributed by atoms with van der Waals surface area (Å²) in [7, 11) is 0. The Balaban J connectivity index is 1.48. The smallest absolute Gasteiger partial charge is 0.124 e. The first-order valence-corrected chi connectivity index (χ1v) is 8.32. The highest BCUT2D eigenvalue weighted by Crippen LogP contribution is 2.31. The Hall–Kier alpha value is -2.25. The minimum atomic E-state index is -0.911. The Bertz CT molecular complexity index is 854. The number of aromatic nitrogens is 5. The molecule has 2 N–H and O–H groups in total. The van der Waals surface area contributed by atoms with Crippen LogP contribution in [0.3, 0.4) is 0 Å². The number of benzene rings is 1. The van der Waals surface area contributed by atoms with Gasteiger partial charge in [0.1, 0.15) is 11.3 Å². The number of aromatic amines is 1. The van der Waals surface area contributed by atoms with E-state index in [9.17, 15) is 5.11 Å². The van der Waals surface area contributed by atoms with Crippen molar-refractivity contribution in [1.82, 2.24) is 30.1 Å². The summed E-state index contributed by atoms with van der Waals surface area (Å²) in [5.74, 6) is 0. The van der Waals surface area contributed by atoms with Gasteiger partial charge >= 0.3 is 0 Å². The maximum atomic E-state index is 11.0. The van der Waals surface area contributed by atoms with Crippen LogP contribution in [0.2, 0.25) is 0 Å². The van der Waals surface area contributed by atoms with Crippen LogP contribution in [0.5, 0.6) is 0 Å². The standard InChI is InChI=1S/C17H22N6O/c1-12(2)23-10-16(20-21-23)17(24)5-6-22(11-17)9-13-3-4-14-8-18-19-15(14)7-13/h3-4,7-8,10,12,24H,5-6,9,11H2,1-2H3,(H,18,19). The molecule has 4 rings (SSSR count). The van der Waals surface area contributed by atoms with E-state index in [4.69, 9.17) is 0 Å². The van der Waals surface area contributed by atoms with Gasteiger partial charge in [-0.15, -0.1) is 5.10 Å². The molecule has 24 heavy (non-hydrogen) atoms. The predicted molar refractivity (Wildman–Crippen MR) is 90.3 cm³/mol. The molecule has 0 aliphatic carbocycles. The van der Waals surface area contributed by atoms with E-state index in [1.165, 1.54) is 5.56 Å². The van der Waals surface area contributed by atoms with Crippen molar-refractivity contribution in [1.29, 1.82) is 0 Å². The Kier molecular flexibility index (Phi) is 3.62. The third kappa shape index (κ3) is 2.70. The SMILES string of the molecule is CC(C)n1cc(C2(O)CCN(Cc3ccc4cn[nH]c4c3)C2)nn1. The molecule has 0 spiro atoms. The number of nitrogens with one attached hydrogen (secondary N) is 1. The highest BCUT2D eigenvalue weighted by molar-refractivity contribution is 5.78. The topological polar surface area (TPSA) is 82.9 Å². The Morgan fingerprint density at radius 2 is 2.25 bits per heavy atom. The maximum Gasteiger partial charge on any atom is 0.124 e. The molecule has 1 aliphatic heterocycles. The zero-order valence-electron chi connectivity index (χ0n) is 14.0. The number of aliphatic hydroxyl groups is 1. The van der Waals surface area contributed by atoms with Gasteiger partial charge in [-0.3, -0.25) is 10.00 Å². The van der Waals surface area contributed by atoms with Gasteiger partial charge < -0.3 is 5.11 Å². The van der Waals surface area contributed by atoms with E-state index in [0.29, 0.717) is 18.7 Å². The van der Waals surface area contributed by atoms with Crippen molar-refractivity contribution in [2.75, 3.05) is 13.1 Å². The molecule has 1 unspecified atom stereocenters. The van der Waals surface area contributed by atoms with Gasteiger partial charge in [-0.1, -0.05) is 17.3 Å². The minimum Gasteiger partial charge on any atom is -0.382 e. The number of nitrogens with zero attached hydrogens (tertiary/aromatic N) is 5. The molecule has 3 heterocycles. The molecule has 1 aromatic carbocycles. The van der Waals surface area contributed by atoms with E-state index in [-0.39, 0.29) is 6.04 Å². The van der Waals surface area contributed by atoms with Gasteiger partial charge in [0.2, 0.25) is 0 Å². The molecule has 1 saturated heterocycles. The van der Waals surface area contributed by atoms with Gasteiger partial charge in [0.15, 0.2) is 0 Å². The third-order valence-electron chi connectivity index (χ3n) is 4.76. The quantitative estimate of drug-likeness (QED) is 0.764. The lowest BCUT2D eigenvalue weighted by Crippen LogP contribution is -2.31. The number of H-pyrrole nitrogens is 1. The molecule has 3 aromatic rings. The van der Waals surface area contributed by atoms with Crippen molar-refractivity contribution in [2.45, 2.75) is 38.5 Å². The second-order valence-electron chi connectivity index (χ2n) is 6.96. The summed E-state index contributed by atoms with van der Waals surface area (Å²) < 4.78 is 1.79. The van der Waals surface area contributed by atoms with Crippen LogP contribution in [0.4, 0.5) is 0 Å². The average molecular weight is 326 g/mol. The Morgan fingerprint density at radius 1 is 1.38 bits per heavy atom. The van der Waals surface area contributed by atoms with E-state index in [2.05, 4.69) is 57.5 Å². The van der Waals surface area contributed by atoms with Crippen molar-refractivity contribution in [3.8, 4) is 0 Å². The molecular formula is C17H22N6O. The fourth-order valence-corrected chi connectivity index (χ4v) is 3.30. The van der Waals surface area contributed by atoms with Crippen molar-refractivity contribution in [3.05, 3.63) is 41.9 Å². The van der Waals surface area contributed by atoms with Crippen LogP contribution in [0.25, 0.3) is 10.9 Å². The highest BCUT2D eigenvalue weighted by atomic mass is 16.3. The van der Waals surface area contributed by atoms with Crippen molar-refractivity contribution in [2.24, 2.45) is 0 Å². The largest absolute Gasteiger partial charge is 0.382 e. The Labute approximate surface area is 140 Å². The van der Waals surface area contributed by atoms with Crippen molar-refractivity contribution in [3.63, 3.8) is 0 Å². The molecule has 7 nitrogen and oxygen atoms in total. The minimum absolute atomic E-state index is 0.244. The molecule has 126 valence electrons. The van der Waals surface area contributed by atoms with Crippen LogP contribution in [-0.4, -0.2) is 48.3 Å². The first-order chi connectivity index (χ1) is 11.5. The van der Waals surface area contributed by atoms with Gasteiger partial charge in [0, 0.05) is 31.1 Å². The van der Waals surface area contributed by atoms with E-state index in [1.54, 1.807) is 4.68 Å². The summed E-state index contributed by atoms with van der Waals surface area (Å²) in [5, 5.41) is 27.5.